The minimum absolute atomic E-state index is 0.0126. The molecule has 0 fully saturated rings. The van der Waals surface area contributed by atoms with Gasteiger partial charge in [0.15, 0.2) is 5.82 Å². The van der Waals surface area contributed by atoms with Crippen molar-refractivity contribution in [3.8, 4) is 23.1 Å². The molecule has 2 aliphatic heterocycles. The normalized spacial score (nSPS) is 11.8. The van der Waals surface area contributed by atoms with Crippen LogP contribution < -0.4 is 20.5 Å². The summed E-state index contributed by atoms with van der Waals surface area (Å²) in [5.41, 5.74) is 2.17. The number of hydrogen-bond acceptors (Lipinski definition) is 6. The quantitative estimate of drug-likeness (QED) is 0.242. The standard InChI is InChI=1S/C31H39N5O4Si/c1-7-8-17-35-28-27(33-26(34-28)18-22-13-15-24(16-14-22)32-21(4)37)29(38)36(30(35)39)19-23-11-9-10-12-25(23)40-41-31(5,6)20(2)3/h9-16,20,38H,7-8,17-19H2,1-6H3,(H,32,37)/p-1. The van der Waals surface area contributed by atoms with Gasteiger partial charge in [0, 0.05) is 31.1 Å². The molecule has 1 N–H and O–H groups in total. The molecule has 0 spiro atoms. The molecule has 2 aromatic carbocycles. The van der Waals surface area contributed by atoms with Gasteiger partial charge in [0.2, 0.25) is 5.91 Å². The Bertz CT molecular complexity index is 1520. The van der Waals surface area contributed by atoms with Gasteiger partial charge in [0.1, 0.15) is 17.3 Å². The summed E-state index contributed by atoms with van der Waals surface area (Å²) < 4.78 is 9.07. The van der Waals surface area contributed by atoms with Gasteiger partial charge < -0.3 is 19.4 Å². The minimum atomic E-state index is -0.461. The smallest absolute Gasteiger partial charge is 0.329 e. The molecule has 0 bridgehead atoms. The van der Waals surface area contributed by atoms with Crippen molar-refractivity contribution in [3.63, 3.8) is 0 Å². The maximum atomic E-state index is 13.7. The Morgan fingerprint density at radius 3 is 2.46 bits per heavy atom. The highest BCUT2D eigenvalue weighted by molar-refractivity contribution is 6.33. The molecule has 2 aromatic rings. The first-order chi connectivity index (χ1) is 19.5. The number of imidazole rings is 1. The third-order valence-corrected chi connectivity index (χ3v) is 8.82. The first-order valence-electron chi connectivity index (χ1n) is 14.1. The zero-order chi connectivity index (χ0) is 29.7. The minimum Gasteiger partial charge on any atom is -0.858 e. The molecule has 0 saturated heterocycles. The van der Waals surface area contributed by atoms with Crippen LogP contribution in [-0.2, 0) is 24.3 Å². The van der Waals surface area contributed by atoms with Crippen LogP contribution in [-0.4, -0.2) is 34.8 Å². The Morgan fingerprint density at radius 1 is 1.10 bits per heavy atom. The Morgan fingerprint density at radius 2 is 1.80 bits per heavy atom. The lowest BCUT2D eigenvalue weighted by molar-refractivity contribution is -0.279. The zero-order valence-electron chi connectivity index (χ0n) is 24.7. The lowest BCUT2D eigenvalue weighted by atomic mass is 9.99. The molecular weight excluding hydrogens is 534 g/mol. The summed E-state index contributed by atoms with van der Waals surface area (Å²) in [6.07, 6.45) is 2.04. The van der Waals surface area contributed by atoms with Crippen molar-refractivity contribution in [1.29, 1.82) is 0 Å². The zero-order valence-corrected chi connectivity index (χ0v) is 25.7. The highest BCUT2D eigenvalue weighted by Crippen LogP contribution is 2.34. The fraction of sp³-hybridized carbons (Fsp3) is 0.419. The first kappa shape index (κ1) is 30.0. The van der Waals surface area contributed by atoms with Crippen molar-refractivity contribution >= 4 is 21.4 Å². The van der Waals surface area contributed by atoms with Crippen LogP contribution in [0.3, 0.4) is 0 Å². The van der Waals surface area contributed by atoms with Crippen molar-refractivity contribution in [2.45, 2.75) is 78.9 Å². The highest BCUT2D eigenvalue weighted by Gasteiger charge is 2.27. The number of carbonyl (C=O) groups is 1. The molecule has 0 unspecified atom stereocenters. The summed E-state index contributed by atoms with van der Waals surface area (Å²) in [6, 6.07) is 14.9. The molecule has 41 heavy (non-hydrogen) atoms. The second-order valence-electron chi connectivity index (χ2n) is 11.2. The number of nitrogens with one attached hydrogen (secondary N) is 1. The average molecular weight is 573 g/mol. The van der Waals surface area contributed by atoms with Crippen LogP contribution in [0.1, 0.15) is 71.3 Å². The number of fused-ring (bicyclic) bond motifs is 1. The van der Waals surface area contributed by atoms with Crippen molar-refractivity contribution in [1.82, 2.24) is 19.1 Å². The van der Waals surface area contributed by atoms with Crippen LogP contribution in [0.4, 0.5) is 5.69 Å². The molecule has 0 atom stereocenters. The van der Waals surface area contributed by atoms with E-state index in [1.807, 2.05) is 48.5 Å². The molecule has 216 valence electrons. The van der Waals surface area contributed by atoms with E-state index in [1.54, 1.807) is 4.57 Å². The van der Waals surface area contributed by atoms with E-state index in [1.165, 1.54) is 11.5 Å². The Balaban J connectivity index is 1.69. The van der Waals surface area contributed by atoms with Gasteiger partial charge in [-0.05, 0) is 47.0 Å². The summed E-state index contributed by atoms with van der Waals surface area (Å²) in [7, 11) is 0.224. The molecule has 10 heteroatoms. The fourth-order valence-electron chi connectivity index (χ4n) is 4.20. The monoisotopic (exact) mass is 572 g/mol. The number of hydrogen-bond donors (Lipinski definition) is 1. The second-order valence-corrected chi connectivity index (χ2v) is 12.9. The van der Waals surface area contributed by atoms with Crippen LogP contribution in [0, 0.1) is 5.92 Å². The van der Waals surface area contributed by atoms with Crippen LogP contribution in [0.5, 0.6) is 11.6 Å². The number of anilines is 1. The predicted octanol–water partition coefficient (Wildman–Crippen LogP) is 4.87. The molecule has 0 saturated carbocycles. The van der Waals surface area contributed by atoms with E-state index in [2.05, 4.69) is 49.9 Å². The Hall–Kier alpha value is -3.92. The Labute approximate surface area is 243 Å². The lowest BCUT2D eigenvalue weighted by Gasteiger charge is -2.28. The van der Waals surface area contributed by atoms with Gasteiger partial charge >= 0.3 is 15.5 Å². The van der Waals surface area contributed by atoms with E-state index < -0.39 is 11.6 Å². The predicted molar refractivity (Wildman–Crippen MR) is 160 cm³/mol. The number of rotatable bonds is 12. The maximum Gasteiger partial charge on any atom is 0.329 e. The van der Waals surface area contributed by atoms with E-state index in [-0.39, 0.29) is 32.9 Å². The largest absolute Gasteiger partial charge is 0.858 e. The van der Waals surface area contributed by atoms with Crippen LogP contribution in [0.25, 0.3) is 11.5 Å². The molecule has 0 aliphatic carbocycles. The third kappa shape index (κ3) is 7.05. The third-order valence-electron chi connectivity index (χ3n) is 7.39. The molecular formula is C31H38N5O4Si-. The number of amides is 1. The summed E-state index contributed by atoms with van der Waals surface area (Å²) in [5.74, 6) is 1.29. The average Bonchev–Trinajstić information content (AvgIpc) is 3.35. The van der Waals surface area contributed by atoms with Crippen LogP contribution in [0.15, 0.2) is 53.3 Å². The second kappa shape index (κ2) is 12.7. The summed E-state index contributed by atoms with van der Waals surface area (Å²) in [4.78, 5) is 34.3. The van der Waals surface area contributed by atoms with Gasteiger partial charge in [0.25, 0.3) is 0 Å². The van der Waals surface area contributed by atoms with Gasteiger partial charge in [-0.2, -0.15) is 0 Å². The SMILES string of the molecule is CCCCn1c2nc(Cc3ccc(NC(C)=O)cc3)nc-2c([O-])n(Cc2ccccc2O[Si]C(C)(C)C(C)C)c1=O. The number of aromatic nitrogens is 4. The number of carbonyl (C=O) groups excluding carboxylic acids is 1. The molecule has 2 aliphatic rings. The van der Waals surface area contributed by atoms with Gasteiger partial charge in [-0.1, -0.05) is 71.4 Å². The molecule has 2 radical (unpaired) electrons. The molecule has 9 nitrogen and oxygen atoms in total. The summed E-state index contributed by atoms with van der Waals surface area (Å²) in [5, 5.41) is 16.4. The van der Waals surface area contributed by atoms with Gasteiger partial charge in [-0.15, -0.1) is 0 Å². The van der Waals surface area contributed by atoms with Gasteiger partial charge in [-0.3, -0.25) is 9.36 Å². The summed E-state index contributed by atoms with van der Waals surface area (Å²) in [6.45, 7) is 12.7. The molecule has 1 amide bonds. The van der Waals surface area contributed by atoms with E-state index in [0.717, 1.165) is 24.0 Å². The number of para-hydroxylation sites is 1. The van der Waals surface area contributed by atoms with Crippen LogP contribution >= 0.6 is 0 Å². The van der Waals surface area contributed by atoms with E-state index in [9.17, 15) is 14.7 Å². The topological polar surface area (TPSA) is 114 Å². The molecule has 4 rings (SSSR count). The molecule has 0 aromatic heterocycles. The van der Waals surface area contributed by atoms with E-state index in [4.69, 9.17) is 4.43 Å². The molecule has 2 heterocycles. The van der Waals surface area contributed by atoms with Crippen molar-refractivity contribution in [2.75, 3.05) is 5.32 Å². The lowest BCUT2D eigenvalue weighted by Crippen LogP contribution is -2.35. The van der Waals surface area contributed by atoms with Crippen LogP contribution in [0.2, 0.25) is 5.04 Å². The number of unbranched alkanes of at least 4 members (excludes halogenated alkanes) is 1. The fourth-order valence-corrected chi connectivity index (χ4v) is 5.01. The van der Waals surface area contributed by atoms with Gasteiger partial charge in [-0.25, -0.2) is 14.8 Å². The first-order valence-corrected chi connectivity index (χ1v) is 15.0. The van der Waals surface area contributed by atoms with E-state index >= 15 is 0 Å². The summed E-state index contributed by atoms with van der Waals surface area (Å²) >= 11 is 0. The maximum absolute atomic E-state index is 13.7. The number of benzene rings is 2. The van der Waals surface area contributed by atoms with Crippen molar-refractivity contribution in [2.24, 2.45) is 5.92 Å². The van der Waals surface area contributed by atoms with Gasteiger partial charge in [0.05, 0.1) is 6.54 Å². The number of nitrogens with zero attached hydrogens (tertiary/aromatic N) is 4. The Kier molecular flexibility index (Phi) is 9.32. The van der Waals surface area contributed by atoms with Crippen molar-refractivity contribution in [3.05, 3.63) is 76.0 Å². The highest BCUT2D eigenvalue weighted by atomic mass is 28.2. The van der Waals surface area contributed by atoms with Crippen molar-refractivity contribution < 1.29 is 14.3 Å². The van der Waals surface area contributed by atoms with E-state index in [0.29, 0.717) is 42.0 Å².